The van der Waals surface area contributed by atoms with Crippen LogP contribution < -0.4 is 5.32 Å². The van der Waals surface area contributed by atoms with Crippen molar-refractivity contribution in [2.24, 2.45) is 0 Å². The van der Waals surface area contributed by atoms with E-state index < -0.39 is 11.7 Å². The third-order valence-electron chi connectivity index (χ3n) is 2.43. The van der Waals surface area contributed by atoms with Crippen LogP contribution in [0.5, 0.6) is 0 Å². The van der Waals surface area contributed by atoms with Gasteiger partial charge in [0.25, 0.3) is 0 Å². The largest absolute Gasteiger partial charge is 0.416 e. The van der Waals surface area contributed by atoms with Gasteiger partial charge in [-0.1, -0.05) is 12.1 Å². The topological polar surface area (TPSA) is 12.0 Å². The number of rotatable bonds is 4. The third kappa shape index (κ3) is 4.12. The minimum absolute atomic E-state index is 0.148. The average Bonchev–Trinajstić information content (AvgIpc) is 2.28. The molecule has 4 heteroatoms. The number of hydrogen-bond donors (Lipinski definition) is 1. The fourth-order valence-corrected chi connectivity index (χ4v) is 1.46. The van der Waals surface area contributed by atoms with Gasteiger partial charge in [0.05, 0.1) is 5.56 Å². The number of alkyl halides is 3. The van der Waals surface area contributed by atoms with E-state index >= 15 is 0 Å². The molecule has 1 nitrogen and oxygen atoms in total. The van der Waals surface area contributed by atoms with E-state index in [0.29, 0.717) is 18.5 Å². The van der Waals surface area contributed by atoms with Gasteiger partial charge in [0.2, 0.25) is 0 Å². The van der Waals surface area contributed by atoms with Crippen LogP contribution >= 0.6 is 0 Å². The molecule has 0 amide bonds. The van der Waals surface area contributed by atoms with Crippen LogP contribution in [0.25, 0.3) is 0 Å². The highest BCUT2D eigenvalue weighted by atomic mass is 19.4. The fourth-order valence-electron chi connectivity index (χ4n) is 1.46. The summed E-state index contributed by atoms with van der Waals surface area (Å²) in [5.74, 6) is 2.47. The van der Waals surface area contributed by atoms with Crippen LogP contribution in [0.4, 0.5) is 13.2 Å². The molecule has 1 rings (SSSR count). The molecule has 0 aliphatic rings. The maximum absolute atomic E-state index is 12.5. The number of hydrogen-bond acceptors (Lipinski definition) is 1. The van der Waals surface area contributed by atoms with E-state index in [0.717, 1.165) is 12.1 Å². The van der Waals surface area contributed by atoms with Gasteiger partial charge in [-0.2, -0.15) is 13.2 Å². The van der Waals surface area contributed by atoms with Gasteiger partial charge in [-0.3, -0.25) is 0 Å². The Morgan fingerprint density at radius 1 is 1.41 bits per heavy atom. The summed E-state index contributed by atoms with van der Waals surface area (Å²) in [7, 11) is 0. The van der Waals surface area contributed by atoms with E-state index in [9.17, 15) is 13.2 Å². The molecule has 0 radical (unpaired) electrons. The molecule has 1 aromatic rings. The summed E-state index contributed by atoms with van der Waals surface area (Å²) in [5, 5.41) is 3.07. The van der Waals surface area contributed by atoms with Crippen molar-refractivity contribution in [1.29, 1.82) is 0 Å². The number of halogens is 3. The van der Waals surface area contributed by atoms with Gasteiger partial charge < -0.3 is 5.32 Å². The zero-order chi connectivity index (χ0) is 12.9. The standard InChI is InChI=1S/C13H14F3N/c1-3-4-8-17-10(2)11-6-5-7-12(9-11)13(14,15)16/h1,5-7,9-10,17H,4,8H2,2H3. The molecule has 0 saturated carbocycles. The van der Waals surface area contributed by atoms with Crippen LogP contribution in [-0.4, -0.2) is 6.54 Å². The second-order valence-electron chi connectivity index (χ2n) is 3.75. The average molecular weight is 241 g/mol. The van der Waals surface area contributed by atoms with E-state index in [1.165, 1.54) is 6.07 Å². The molecule has 1 unspecified atom stereocenters. The Bertz CT molecular complexity index is 404. The summed E-state index contributed by atoms with van der Waals surface area (Å²) >= 11 is 0. The van der Waals surface area contributed by atoms with E-state index in [1.807, 2.05) is 6.92 Å². The summed E-state index contributed by atoms with van der Waals surface area (Å²) in [6, 6.07) is 5.16. The smallest absolute Gasteiger partial charge is 0.309 e. The lowest BCUT2D eigenvalue weighted by atomic mass is 10.0. The first-order chi connectivity index (χ1) is 7.95. The lowest BCUT2D eigenvalue weighted by Crippen LogP contribution is -2.20. The Hall–Kier alpha value is -1.47. The van der Waals surface area contributed by atoms with Gasteiger partial charge in [-0.15, -0.1) is 12.3 Å². The highest BCUT2D eigenvalue weighted by Crippen LogP contribution is 2.30. The Morgan fingerprint density at radius 3 is 2.71 bits per heavy atom. The second-order valence-corrected chi connectivity index (χ2v) is 3.75. The minimum atomic E-state index is -4.30. The monoisotopic (exact) mass is 241 g/mol. The summed E-state index contributed by atoms with van der Waals surface area (Å²) in [6.07, 6.45) is 1.36. The maximum atomic E-state index is 12.5. The molecular weight excluding hydrogens is 227 g/mol. The number of benzene rings is 1. The summed E-state index contributed by atoms with van der Waals surface area (Å²) < 4.78 is 37.5. The van der Waals surface area contributed by atoms with Gasteiger partial charge in [0, 0.05) is 19.0 Å². The molecule has 0 aliphatic heterocycles. The van der Waals surface area contributed by atoms with Gasteiger partial charge in [0.1, 0.15) is 0 Å². The molecule has 0 saturated heterocycles. The fraction of sp³-hybridized carbons (Fsp3) is 0.385. The quantitative estimate of drug-likeness (QED) is 0.629. The first-order valence-electron chi connectivity index (χ1n) is 5.29. The van der Waals surface area contributed by atoms with Crippen molar-refractivity contribution in [3.63, 3.8) is 0 Å². The van der Waals surface area contributed by atoms with E-state index in [-0.39, 0.29) is 6.04 Å². The van der Waals surface area contributed by atoms with Gasteiger partial charge >= 0.3 is 6.18 Å². The van der Waals surface area contributed by atoms with Gasteiger partial charge in [-0.05, 0) is 24.6 Å². The zero-order valence-electron chi connectivity index (χ0n) is 9.51. The highest BCUT2D eigenvalue weighted by Gasteiger charge is 2.30. The van der Waals surface area contributed by atoms with Crippen molar-refractivity contribution in [3.05, 3.63) is 35.4 Å². The molecule has 0 fully saturated rings. The summed E-state index contributed by atoms with van der Waals surface area (Å²) in [6.45, 7) is 2.40. The van der Waals surface area contributed by atoms with Crippen LogP contribution in [-0.2, 0) is 6.18 Å². The molecule has 1 N–H and O–H groups in total. The first-order valence-corrected chi connectivity index (χ1v) is 5.29. The van der Waals surface area contributed by atoms with Crippen molar-refractivity contribution in [1.82, 2.24) is 5.32 Å². The van der Waals surface area contributed by atoms with E-state index in [1.54, 1.807) is 6.07 Å². The molecule has 17 heavy (non-hydrogen) atoms. The predicted molar refractivity (Wildman–Crippen MR) is 61.3 cm³/mol. The van der Waals surface area contributed by atoms with Crippen molar-refractivity contribution in [3.8, 4) is 12.3 Å². The molecule has 1 aromatic carbocycles. The number of nitrogens with one attached hydrogen (secondary N) is 1. The molecule has 1 atom stereocenters. The van der Waals surface area contributed by atoms with E-state index in [4.69, 9.17) is 6.42 Å². The summed E-state index contributed by atoms with van der Waals surface area (Å²) in [5.41, 5.74) is -0.0163. The molecular formula is C13H14F3N. The van der Waals surface area contributed by atoms with Crippen LogP contribution in [0.15, 0.2) is 24.3 Å². The van der Waals surface area contributed by atoms with Crippen molar-refractivity contribution in [2.45, 2.75) is 25.6 Å². The minimum Gasteiger partial charge on any atom is -0.309 e. The Labute approximate surface area is 99.0 Å². The van der Waals surface area contributed by atoms with Crippen LogP contribution in [0, 0.1) is 12.3 Å². The number of terminal acetylenes is 1. The Kier molecular flexibility index (Phi) is 4.59. The lowest BCUT2D eigenvalue weighted by Gasteiger charge is -2.15. The first kappa shape index (κ1) is 13.6. The predicted octanol–water partition coefficient (Wildman–Crippen LogP) is 3.38. The van der Waals surface area contributed by atoms with Crippen molar-refractivity contribution < 1.29 is 13.2 Å². The Morgan fingerprint density at radius 2 is 2.12 bits per heavy atom. The lowest BCUT2D eigenvalue weighted by molar-refractivity contribution is -0.137. The Balaban J connectivity index is 2.75. The molecule has 0 spiro atoms. The van der Waals surface area contributed by atoms with Gasteiger partial charge in [0.15, 0.2) is 0 Å². The van der Waals surface area contributed by atoms with Crippen LogP contribution in [0.3, 0.4) is 0 Å². The highest BCUT2D eigenvalue weighted by molar-refractivity contribution is 5.27. The van der Waals surface area contributed by atoms with Gasteiger partial charge in [-0.25, -0.2) is 0 Å². The molecule has 0 heterocycles. The molecule has 0 aliphatic carbocycles. The van der Waals surface area contributed by atoms with E-state index in [2.05, 4.69) is 11.2 Å². The van der Waals surface area contributed by atoms with Crippen LogP contribution in [0.1, 0.15) is 30.5 Å². The normalized spacial score (nSPS) is 13.1. The third-order valence-corrected chi connectivity index (χ3v) is 2.43. The van der Waals surface area contributed by atoms with Crippen molar-refractivity contribution in [2.75, 3.05) is 6.54 Å². The summed E-state index contributed by atoms with van der Waals surface area (Å²) in [4.78, 5) is 0. The zero-order valence-corrected chi connectivity index (χ0v) is 9.51. The molecule has 0 bridgehead atoms. The molecule has 92 valence electrons. The second kappa shape index (κ2) is 5.74. The van der Waals surface area contributed by atoms with Crippen molar-refractivity contribution >= 4 is 0 Å². The maximum Gasteiger partial charge on any atom is 0.416 e. The molecule has 0 aromatic heterocycles. The van der Waals surface area contributed by atoms with Crippen LogP contribution in [0.2, 0.25) is 0 Å². The SMILES string of the molecule is C#CCCNC(C)c1cccc(C(F)(F)F)c1.